The second-order valence-corrected chi connectivity index (χ2v) is 8.19. The summed E-state index contributed by atoms with van der Waals surface area (Å²) in [7, 11) is 0. The molecule has 5 nitrogen and oxygen atoms in total. The minimum absolute atomic E-state index is 0. The van der Waals surface area contributed by atoms with Gasteiger partial charge in [0.25, 0.3) is 0 Å². The van der Waals surface area contributed by atoms with E-state index in [-0.39, 0.29) is 25.6 Å². The molecule has 3 aromatic rings. The average molecular weight is 472 g/mol. The third kappa shape index (κ3) is 9.06. The maximum atomic E-state index is 9.28. The van der Waals surface area contributed by atoms with Gasteiger partial charge in [0.15, 0.2) is 0 Å². The Bertz CT molecular complexity index is 930. The first-order chi connectivity index (χ1) is 15.6. The van der Waals surface area contributed by atoms with Gasteiger partial charge in [-0.1, -0.05) is 48.5 Å². The fourth-order valence-electron chi connectivity index (χ4n) is 3.45. The number of hydrogen-bond donors (Lipinski definition) is 3. The summed E-state index contributed by atoms with van der Waals surface area (Å²) >= 11 is 0. The fraction of sp³-hybridized carbons (Fsp3) is 0.333. The molecule has 3 aromatic carbocycles. The van der Waals surface area contributed by atoms with Crippen LogP contribution in [0.1, 0.15) is 30.4 Å². The smallest absolute Gasteiger partial charge is 0.131 e. The first kappa shape index (κ1) is 26.7. The summed E-state index contributed by atoms with van der Waals surface area (Å²) in [4.78, 5) is 0. The fourth-order valence-corrected chi connectivity index (χ4v) is 3.45. The SMILES string of the molecule is Cl.NC(CO)(CO)CCCc1ccc(Oc2cccc(OCCCc3ccccc3)c2)cc1. The molecule has 0 heterocycles. The van der Waals surface area contributed by atoms with Crippen molar-refractivity contribution in [3.05, 3.63) is 90.0 Å². The van der Waals surface area contributed by atoms with E-state index >= 15 is 0 Å². The molecule has 3 rings (SSSR count). The van der Waals surface area contributed by atoms with Gasteiger partial charge in [-0.3, -0.25) is 0 Å². The molecule has 0 amide bonds. The van der Waals surface area contributed by atoms with Crippen LogP contribution >= 0.6 is 12.4 Å². The summed E-state index contributed by atoms with van der Waals surface area (Å²) in [6.07, 6.45) is 4.14. The quantitative estimate of drug-likeness (QED) is 0.308. The van der Waals surface area contributed by atoms with Crippen LogP contribution < -0.4 is 15.2 Å². The van der Waals surface area contributed by atoms with E-state index in [1.165, 1.54) is 5.56 Å². The van der Waals surface area contributed by atoms with Crippen LogP contribution in [0.15, 0.2) is 78.9 Å². The zero-order chi connectivity index (χ0) is 22.7. The highest BCUT2D eigenvalue weighted by atomic mass is 35.5. The molecule has 0 aliphatic carbocycles. The molecule has 178 valence electrons. The molecule has 0 atom stereocenters. The lowest BCUT2D eigenvalue weighted by atomic mass is 9.94. The molecule has 6 heteroatoms. The Kier molecular flexibility index (Phi) is 11.2. The Hall–Kier alpha value is -2.57. The minimum atomic E-state index is -0.905. The third-order valence-electron chi connectivity index (χ3n) is 5.46. The first-order valence-electron chi connectivity index (χ1n) is 11.1. The molecule has 0 saturated heterocycles. The van der Waals surface area contributed by atoms with Gasteiger partial charge in [0.1, 0.15) is 17.2 Å². The summed E-state index contributed by atoms with van der Waals surface area (Å²) in [6, 6.07) is 26.0. The molecule has 0 aliphatic heterocycles. The van der Waals surface area contributed by atoms with Gasteiger partial charge in [-0.15, -0.1) is 12.4 Å². The zero-order valence-electron chi connectivity index (χ0n) is 18.9. The first-order valence-corrected chi connectivity index (χ1v) is 11.1. The van der Waals surface area contributed by atoms with Crippen LogP contribution in [0.2, 0.25) is 0 Å². The second-order valence-electron chi connectivity index (χ2n) is 8.19. The molecule has 0 aliphatic rings. The summed E-state index contributed by atoms with van der Waals surface area (Å²) < 4.78 is 11.9. The Balaban J connectivity index is 0.00000385. The number of aryl methyl sites for hydroxylation is 2. The van der Waals surface area contributed by atoms with Gasteiger partial charge >= 0.3 is 0 Å². The molecule has 0 spiro atoms. The number of ether oxygens (including phenoxy) is 2. The van der Waals surface area contributed by atoms with Crippen molar-refractivity contribution in [1.29, 1.82) is 0 Å². The van der Waals surface area contributed by atoms with Crippen molar-refractivity contribution in [3.8, 4) is 17.2 Å². The van der Waals surface area contributed by atoms with Crippen molar-refractivity contribution in [2.45, 2.75) is 37.6 Å². The molecule has 4 N–H and O–H groups in total. The van der Waals surface area contributed by atoms with E-state index in [9.17, 15) is 10.2 Å². The van der Waals surface area contributed by atoms with Gasteiger partial charge in [0, 0.05) is 6.07 Å². The predicted octanol–water partition coefficient (Wildman–Crippen LogP) is 4.92. The van der Waals surface area contributed by atoms with Crippen LogP contribution in [0.25, 0.3) is 0 Å². The minimum Gasteiger partial charge on any atom is -0.493 e. The van der Waals surface area contributed by atoms with Gasteiger partial charge in [-0.25, -0.2) is 0 Å². The summed E-state index contributed by atoms with van der Waals surface area (Å²) in [5.74, 6) is 2.29. The van der Waals surface area contributed by atoms with E-state index < -0.39 is 5.54 Å². The molecule has 0 aromatic heterocycles. The summed E-state index contributed by atoms with van der Waals surface area (Å²) in [6.45, 7) is 0.224. The number of aliphatic hydroxyl groups is 2. The van der Waals surface area contributed by atoms with Crippen molar-refractivity contribution >= 4 is 12.4 Å². The molecule has 0 radical (unpaired) electrons. The highest BCUT2D eigenvalue weighted by Crippen LogP contribution is 2.26. The van der Waals surface area contributed by atoms with Crippen molar-refractivity contribution in [3.63, 3.8) is 0 Å². The van der Waals surface area contributed by atoms with E-state index in [1.807, 2.05) is 54.6 Å². The number of rotatable bonds is 13. The highest BCUT2D eigenvalue weighted by Gasteiger charge is 2.22. The molecular weight excluding hydrogens is 438 g/mol. The lowest BCUT2D eigenvalue weighted by Crippen LogP contribution is -2.47. The van der Waals surface area contributed by atoms with E-state index in [0.717, 1.165) is 48.5 Å². The lowest BCUT2D eigenvalue weighted by molar-refractivity contribution is 0.113. The number of benzene rings is 3. The standard InChI is InChI=1S/C27H33NO4.ClH/c28-27(20-29,21-30)17-5-9-23-13-15-24(16-14-23)32-26-12-4-11-25(19-26)31-18-6-10-22-7-2-1-3-8-22;/h1-4,7-8,11-16,19,29-30H,5-6,9-10,17-18,20-21,28H2;1H. The van der Waals surface area contributed by atoms with E-state index in [1.54, 1.807) is 0 Å². The Morgan fingerprint density at radius 2 is 1.33 bits per heavy atom. The van der Waals surface area contributed by atoms with Gasteiger partial charge in [-0.2, -0.15) is 0 Å². The largest absolute Gasteiger partial charge is 0.493 e. The van der Waals surface area contributed by atoms with Crippen LogP contribution in [0.4, 0.5) is 0 Å². The van der Waals surface area contributed by atoms with Crippen LogP contribution in [-0.4, -0.2) is 35.6 Å². The Morgan fingerprint density at radius 1 is 0.697 bits per heavy atom. The highest BCUT2D eigenvalue weighted by molar-refractivity contribution is 5.85. The number of hydrogen-bond acceptors (Lipinski definition) is 5. The number of halogens is 1. The van der Waals surface area contributed by atoms with E-state index in [2.05, 4.69) is 24.3 Å². The Labute approximate surface area is 202 Å². The van der Waals surface area contributed by atoms with Crippen molar-refractivity contribution < 1.29 is 19.7 Å². The van der Waals surface area contributed by atoms with E-state index in [0.29, 0.717) is 13.0 Å². The lowest BCUT2D eigenvalue weighted by Gasteiger charge is -2.24. The maximum absolute atomic E-state index is 9.28. The zero-order valence-corrected chi connectivity index (χ0v) is 19.7. The molecule has 0 unspecified atom stereocenters. The number of aliphatic hydroxyl groups excluding tert-OH is 2. The van der Waals surface area contributed by atoms with Crippen LogP contribution in [0.3, 0.4) is 0 Å². The van der Waals surface area contributed by atoms with Gasteiger partial charge in [-0.05, 0) is 67.5 Å². The van der Waals surface area contributed by atoms with Crippen molar-refractivity contribution in [1.82, 2.24) is 0 Å². The molecule has 0 saturated carbocycles. The predicted molar refractivity (Wildman–Crippen MR) is 134 cm³/mol. The van der Waals surface area contributed by atoms with Gasteiger partial charge in [0.2, 0.25) is 0 Å². The maximum Gasteiger partial charge on any atom is 0.131 e. The van der Waals surface area contributed by atoms with Crippen molar-refractivity contribution in [2.24, 2.45) is 5.73 Å². The average Bonchev–Trinajstić information content (AvgIpc) is 2.84. The second kappa shape index (κ2) is 13.9. The molecular formula is C27H34ClNO4. The topological polar surface area (TPSA) is 84.9 Å². The normalized spacial score (nSPS) is 11.0. The van der Waals surface area contributed by atoms with Crippen LogP contribution in [0, 0.1) is 0 Å². The number of nitrogens with two attached hydrogens (primary N) is 1. The Morgan fingerprint density at radius 3 is 2.03 bits per heavy atom. The van der Waals surface area contributed by atoms with Crippen LogP contribution in [0.5, 0.6) is 17.2 Å². The monoisotopic (exact) mass is 471 g/mol. The van der Waals surface area contributed by atoms with Crippen molar-refractivity contribution in [2.75, 3.05) is 19.8 Å². The summed E-state index contributed by atoms with van der Waals surface area (Å²) in [5.41, 5.74) is 7.49. The molecule has 33 heavy (non-hydrogen) atoms. The van der Waals surface area contributed by atoms with Crippen LogP contribution in [-0.2, 0) is 12.8 Å². The third-order valence-corrected chi connectivity index (χ3v) is 5.46. The van der Waals surface area contributed by atoms with Gasteiger partial charge < -0.3 is 25.4 Å². The summed E-state index contributed by atoms with van der Waals surface area (Å²) in [5, 5.41) is 18.6. The molecule has 0 bridgehead atoms. The van der Waals surface area contributed by atoms with Gasteiger partial charge in [0.05, 0.1) is 25.4 Å². The molecule has 0 fully saturated rings. The van der Waals surface area contributed by atoms with E-state index in [4.69, 9.17) is 15.2 Å².